The fraction of sp³-hybridized carbons (Fsp3) is 0.938. The van der Waals surface area contributed by atoms with E-state index in [9.17, 15) is 0 Å². The van der Waals surface area contributed by atoms with Crippen molar-refractivity contribution in [1.82, 2.24) is 0 Å². The van der Waals surface area contributed by atoms with E-state index in [0.29, 0.717) is 6.47 Å². The molecule has 0 heterocycles. The molecule has 0 fully saturated rings. The maximum absolute atomic E-state index is 8.95. The summed E-state index contributed by atoms with van der Waals surface area (Å²) in [6.07, 6.45) is 0. The molecule has 0 aliphatic rings. The van der Waals surface area contributed by atoms with Crippen molar-refractivity contribution in [2.24, 2.45) is 0 Å². The van der Waals surface area contributed by atoms with Gasteiger partial charge < -0.3 is 10.2 Å². The first-order chi connectivity index (χ1) is 8.91. The van der Waals surface area contributed by atoms with Gasteiger partial charge in [-0.3, -0.25) is 4.79 Å². The first-order valence-electron chi connectivity index (χ1n) is 7.88. The molecule has 0 saturated carbocycles. The minimum atomic E-state index is 0. The van der Waals surface area contributed by atoms with Gasteiger partial charge in [0.1, 0.15) is 0 Å². The fourth-order valence-corrected chi connectivity index (χ4v) is 0. The van der Waals surface area contributed by atoms with E-state index in [1.807, 2.05) is 96.9 Å². The van der Waals surface area contributed by atoms with Gasteiger partial charge in [0.2, 0.25) is 0 Å². The lowest BCUT2D eigenvalue weighted by Gasteiger charge is -1.67. The number of carbonyl (C=O) groups is 1. The van der Waals surface area contributed by atoms with Crippen LogP contribution >= 0.6 is 0 Å². The van der Waals surface area contributed by atoms with Gasteiger partial charge in [0, 0.05) is 0 Å². The van der Waals surface area contributed by atoms with Crippen LogP contribution in [0.1, 0.15) is 96.9 Å². The van der Waals surface area contributed by atoms with Gasteiger partial charge in [-0.1, -0.05) is 96.9 Å². The average Bonchev–Trinajstić information content (AvgIpc) is 2.60. The van der Waals surface area contributed by atoms with E-state index >= 15 is 0 Å². The minimum Gasteiger partial charge on any atom is -0.471 e. The number of rotatable bonds is 1. The van der Waals surface area contributed by atoms with Gasteiger partial charge in [-0.15, -0.1) is 0 Å². The molecule has 0 aromatic heterocycles. The first kappa shape index (κ1) is 63.0. The van der Waals surface area contributed by atoms with Crippen LogP contribution in [0.5, 0.6) is 0 Å². The van der Waals surface area contributed by atoms with E-state index in [0.717, 1.165) is 0 Å². The van der Waals surface area contributed by atoms with Crippen LogP contribution in [0.25, 0.3) is 0 Å². The van der Waals surface area contributed by atoms with Gasteiger partial charge in [0.15, 0.2) is 0 Å². The number of ether oxygens (including phenoxy) is 1. The van der Waals surface area contributed by atoms with E-state index in [2.05, 4.69) is 4.74 Å². The molecule has 0 aromatic carbocycles. The number of methoxy groups -OCH3 is 1. The zero-order valence-electron chi connectivity index (χ0n) is 16.9. The molecule has 0 saturated heterocycles. The summed E-state index contributed by atoms with van der Waals surface area (Å²) in [7, 11) is 1.31. The second-order valence-corrected chi connectivity index (χ2v) is 0.332. The third-order valence-electron chi connectivity index (χ3n) is 0.0962. The van der Waals surface area contributed by atoms with E-state index in [1.54, 1.807) is 0 Å². The first-order valence-corrected chi connectivity index (χ1v) is 7.88. The van der Waals surface area contributed by atoms with Crippen molar-refractivity contribution < 1.29 is 15.0 Å². The molecule has 0 unspecified atom stereocenters. The molecule has 0 spiro atoms. The zero-order valence-corrected chi connectivity index (χ0v) is 16.9. The van der Waals surface area contributed by atoms with Crippen LogP contribution in [0.2, 0.25) is 0 Å². The summed E-state index contributed by atoms with van der Waals surface area (Å²) in [5, 5.41) is 0. The highest BCUT2D eigenvalue weighted by Gasteiger charge is 1.44. The van der Waals surface area contributed by atoms with Crippen LogP contribution in [0.4, 0.5) is 0 Å². The smallest absolute Gasteiger partial charge is 0.292 e. The van der Waals surface area contributed by atoms with Crippen molar-refractivity contribution in [3.8, 4) is 0 Å². The van der Waals surface area contributed by atoms with Crippen molar-refractivity contribution in [2.75, 3.05) is 7.11 Å². The second-order valence-electron chi connectivity index (χ2n) is 0.332. The highest BCUT2D eigenvalue weighted by molar-refractivity contribution is 5.36. The van der Waals surface area contributed by atoms with Crippen molar-refractivity contribution in [2.45, 2.75) is 96.9 Å². The molecule has 0 aliphatic carbocycles. The Kier molecular flexibility index (Phi) is 7630. The summed E-state index contributed by atoms with van der Waals surface area (Å²) in [5.74, 6) is 0. The Morgan fingerprint density at radius 3 is 0.579 bits per heavy atom. The molecule has 0 atom stereocenters. The van der Waals surface area contributed by atoms with Gasteiger partial charge in [0.25, 0.3) is 6.47 Å². The monoisotopic (exact) mass is 288 g/mol. The van der Waals surface area contributed by atoms with Crippen LogP contribution in [0.15, 0.2) is 0 Å². The van der Waals surface area contributed by atoms with E-state index in [4.69, 9.17) is 4.79 Å². The maximum atomic E-state index is 8.95. The van der Waals surface area contributed by atoms with Gasteiger partial charge in [-0.05, 0) is 0 Å². The third-order valence-corrected chi connectivity index (χ3v) is 0.0962. The average molecular weight is 289 g/mol. The summed E-state index contributed by atoms with van der Waals surface area (Å²) in [6, 6.07) is 0. The highest BCUT2D eigenvalue weighted by Crippen LogP contribution is 1.35. The topological polar surface area (TPSA) is 57.8 Å². The Labute approximate surface area is 126 Å². The molecular weight excluding hydrogens is 240 g/mol. The second kappa shape index (κ2) is 2300. The predicted octanol–water partition coefficient (Wildman–Crippen LogP) is 6.15. The molecule has 3 nitrogen and oxygen atoms in total. The zero-order chi connectivity index (χ0) is 17.4. The van der Waals surface area contributed by atoms with E-state index < -0.39 is 0 Å². The minimum absolute atomic E-state index is 0. The Morgan fingerprint density at radius 2 is 0.579 bits per heavy atom. The Balaban J connectivity index is -0.00000000874. The number of carbonyl (C=O) groups excluding carboxylic acids is 1. The van der Waals surface area contributed by atoms with Crippen LogP contribution in [0.3, 0.4) is 0 Å². The largest absolute Gasteiger partial charge is 0.471 e. The molecule has 0 aliphatic heterocycles. The Bertz CT molecular complexity index is 26.0. The van der Waals surface area contributed by atoms with Gasteiger partial charge in [0.05, 0.1) is 7.11 Å². The van der Waals surface area contributed by atoms with Crippen LogP contribution < -0.4 is 0 Å². The van der Waals surface area contributed by atoms with Crippen LogP contribution in [0, 0.1) is 0 Å². The lowest BCUT2D eigenvalue weighted by molar-refractivity contribution is -0.126. The molecule has 0 bridgehead atoms. The molecule has 0 amide bonds. The van der Waals surface area contributed by atoms with Crippen LogP contribution in [-0.2, 0) is 9.53 Å². The van der Waals surface area contributed by atoms with Crippen LogP contribution in [-0.4, -0.2) is 19.1 Å². The molecule has 130 valence electrons. The highest BCUT2D eigenvalue weighted by atomic mass is 16.5. The molecule has 0 aromatic rings. The van der Waals surface area contributed by atoms with Gasteiger partial charge >= 0.3 is 0 Å². The van der Waals surface area contributed by atoms with E-state index in [-0.39, 0.29) is 5.48 Å². The normalized spacial score (nSPS) is 3.32. The third kappa shape index (κ3) is 22400. The lowest BCUT2D eigenvalue weighted by Crippen LogP contribution is -1.68. The van der Waals surface area contributed by atoms with Gasteiger partial charge in [-0.25, -0.2) is 0 Å². The van der Waals surface area contributed by atoms with Crippen molar-refractivity contribution in [3.05, 3.63) is 0 Å². The lowest BCUT2D eigenvalue weighted by atomic mass is 11.0. The Hall–Kier alpha value is -0.570. The Morgan fingerprint density at radius 1 is 0.526 bits per heavy atom. The molecule has 0 rings (SSSR count). The van der Waals surface area contributed by atoms with Crippen molar-refractivity contribution >= 4 is 6.47 Å². The molecule has 19 heavy (non-hydrogen) atoms. The standard InChI is InChI=1S/C2H4O2.7C2H6.H2O/c1-4-2-3;7*1-2;/h2H,1H3;7*1-2H3;1H2. The summed E-state index contributed by atoms with van der Waals surface area (Å²) >= 11 is 0. The molecule has 0 radical (unpaired) electrons. The summed E-state index contributed by atoms with van der Waals surface area (Å²) in [6.45, 7) is 28.4. The maximum Gasteiger partial charge on any atom is 0.292 e. The number of hydrogen-bond acceptors (Lipinski definition) is 2. The molecule has 2 N–H and O–H groups in total. The SMILES string of the molecule is CC.CC.CC.CC.CC.CC.CC.COC=O.O. The fourth-order valence-electron chi connectivity index (χ4n) is 0. The summed E-state index contributed by atoms with van der Waals surface area (Å²) in [5.41, 5.74) is 0. The molecular formula is C16H48O3. The quantitative estimate of drug-likeness (QED) is 0.543. The van der Waals surface area contributed by atoms with E-state index in [1.165, 1.54) is 7.11 Å². The van der Waals surface area contributed by atoms with Crippen molar-refractivity contribution in [3.63, 3.8) is 0 Å². The molecule has 3 heteroatoms. The van der Waals surface area contributed by atoms with Gasteiger partial charge in [-0.2, -0.15) is 0 Å². The number of hydrogen-bond donors (Lipinski definition) is 0. The summed E-state index contributed by atoms with van der Waals surface area (Å²) < 4.78 is 3.86. The summed E-state index contributed by atoms with van der Waals surface area (Å²) in [4.78, 5) is 8.95. The predicted molar refractivity (Wildman–Crippen MR) is 96.1 cm³/mol. The van der Waals surface area contributed by atoms with Crippen molar-refractivity contribution in [1.29, 1.82) is 0 Å².